The number of halogens is 1. The summed E-state index contributed by atoms with van der Waals surface area (Å²) >= 11 is 5.88. The third-order valence-corrected chi connectivity index (χ3v) is 2.64. The van der Waals surface area contributed by atoms with Crippen LogP contribution in [0.5, 0.6) is 5.75 Å². The Kier molecular flexibility index (Phi) is 4.17. The van der Waals surface area contributed by atoms with Crippen LogP contribution in [0.2, 0.25) is 5.02 Å². The van der Waals surface area contributed by atoms with Crippen LogP contribution in [0.15, 0.2) is 22.6 Å². The fourth-order valence-corrected chi connectivity index (χ4v) is 1.67. The van der Waals surface area contributed by atoms with Gasteiger partial charge in [0.2, 0.25) is 5.89 Å². The van der Waals surface area contributed by atoms with Crippen molar-refractivity contribution >= 4 is 11.6 Å². The van der Waals surface area contributed by atoms with E-state index < -0.39 is 0 Å². The lowest BCUT2D eigenvalue weighted by Gasteiger charge is -2.08. The predicted octanol–water partition coefficient (Wildman–Crippen LogP) is 2.32. The highest BCUT2D eigenvalue weighted by Gasteiger charge is 2.07. The summed E-state index contributed by atoms with van der Waals surface area (Å²) in [5.41, 5.74) is 6.47. The SMILES string of the molecule is CCc1nnc(COc2ccc(Cl)cc2CN)o1. The van der Waals surface area contributed by atoms with Gasteiger partial charge >= 0.3 is 0 Å². The van der Waals surface area contributed by atoms with Gasteiger partial charge < -0.3 is 14.9 Å². The Morgan fingerprint density at radius 2 is 2.11 bits per heavy atom. The van der Waals surface area contributed by atoms with Crippen LogP contribution in [0.25, 0.3) is 0 Å². The average Bonchev–Trinajstić information content (AvgIpc) is 2.85. The van der Waals surface area contributed by atoms with Crippen LogP contribution >= 0.6 is 11.6 Å². The Hall–Kier alpha value is -1.59. The van der Waals surface area contributed by atoms with Crippen molar-refractivity contribution in [2.24, 2.45) is 5.73 Å². The molecule has 0 bridgehead atoms. The van der Waals surface area contributed by atoms with Gasteiger partial charge in [-0.1, -0.05) is 18.5 Å². The number of hydrogen-bond acceptors (Lipinski definition) is 5. The highest BCUT2D eigenvalue weighted by molar-refractivity contribution is 6.30. The number of rotatable bonds is 5. The molecule has 2 aromatic rings. The fraction of sp³-hybridized carbons (Fsp3) is 0.333. The second-order valence-electron chi connectivity index (χ2n) is 3.69. The van der Waals surface area contributed by atoms with Crippen molar-refractivity contribution in [3.05, 3.63) is 40.6 Å². The van der Waals surface area contributed by atoms with Gasteiger partial charge in [-0.2, -0.15) is 0 Å². The lowest BCUT2D eigenvalue weighted by atomic mass is 10.2. The zero-order chi connectivity index (χ0) is 13.0. The van der Waals surface area contributed by atoms with Crippen molar-refractivity contribution in [3.8, 4) is 5.75 Å². The lowest BCUT2D eigenvalue weighted by Crippen LogP contribution is -2.03. The number of aromatic nitrogens is 2. The molecule has 0 aliphatic heterocycles. The zero-order valence-corrected chi connectivity index (χ0v) is 10.8. The maximum atomic E-state index is 5.88. The molecule has 0 atom stereocenters. The predicted molar refractivity (Wildman–Crippen MR) is 67.4 cm³/mol. The van der Waals surface area contributed by atoms with Crippen molar-refractivity contribution in [1.29, 1.82) is 0 Å². The minimum absolute atomic E-state index is 0.224. The summed E-state index contributed by atoms with van der Waals surface area (Å²) in [6.45, 7) is 2.53. The van der Waals surface area contributed by atoms with Gasteiger partial charge in [0.25, 0.3) is 5.89 Å². The van der Waals surface area contributed by atoms with E-state index in [0.717, 1.165) is 5.56 Å². The molecular weight excluding hydrogens is 254 g/mol. The monoisotopic (exact) mass is 267 g/mol. The topological polar surface area (TPSA) is 74.2 Å². The number of benzene rings is 1. The van der Waals surface area contributed by atoms with Crippen LogP contribution < -0.4 is 10.5 Å². The van der Waals surface area contributed by atoms with Gasteiger partial charge in [-0.15, -0.1) is 10.2 Å². The molecule has 0 saturated heterocycles. The van der Waals surface area contributed by atoms with Crippen molar-refractivity contribution in [2.45, 2.75) is 26.5 Å². The average molecular weight is 268 g/mol. The number of ether oxygens (including phenoxy) is 1. The summed E-state index contributed by atoms with van der Waals surface area (Å²) in [5.74, 6) is 1.73. The Bertz CT molecular complexity index is 528. The van der Waals surface area contributed by atoms with Crippen molar-refractivity contribution in [3.63, 3.8) is 0 Å². The molecule has 96 valence electrons. The molecule has 1 aromatic carbocycles. The molecule has 0 amide bonds. The zero-order valence-electron chi connectivity index (χ0n) is 10.0. The molecule has 0 saturated carbocycles. The minimum Gasteiger partial charge on any atom is -0.483 e. The van der Waals surface area contributed by atoms with Crippen LogP contribution in [-0.4, -0.2) is 10.2 Å². The Morgan fingerprint density at radius 3 is 2.78 bits per heavy atom. The number of nitrogens with zero attached hydrogens (tertiary/aromatic N) is 2. The minimum atomic E-state index is 0.224. The largest absolute Gasteiger partial charge is 0.483 e. The van der Waals surface area contributed by atoms with Gasteiger partial charge in [0.15, 0.2) is 6.61 Å². The summed E-state index contributed by atoms with van der Waals surface area (Å²) < 4.78 is 10.9. The molecule has 18 heavy (non-hydrogen) atoms. The summed E-state index contributed by atoms with van der Waals surface area (Å²) in [7, 11) is 0. The van der Waals surface area contributed by atoms with Crippen molar-refractivity contribution in [1.82, 2.24) is 10.2 Å². The van der Waals surface area contributed by atoms with E-state index in [9.17, 15) is 0 Å². The molecule has 0 aliphatic carbocycles. The molecular formula is C12H14ClN3O2. The van der Waals surface area contributed by atoms with Gasteiger partial charge in [-0.3, -0.25) is 0 Å². The molecule has 0 spiro atoms. The molecule has 5 nitrogen and oxygen atoms in total. The van der Waals surface area contributed by atoms with E-state index in [1.807, 2.05) is 6.92 Å². The van der Waals surface area contributed by atoms with E-state index in [-0.39, 0.29) is 6.61 Å². The van der Waals surface area contributed by atoms with Gasteiger partial charge in [-0.25, -0.2) is 0 Å². The van der Waals surface area contributed by atoms with E-state index in [2.05, 4.69) is 10.2 Å². The molecule has 1 aromatic heterocycles. The second kappa shape index (κ2) is 5.84. The van der Waals surface area contributed by atoms with Crippen molar-refractivity contribution < 1.29 is 9.15 Å². The number of nitrogens with two attached hydrogens (primary N) is 1. The van der Waals surface area contributed by atoms with Crippen LogP contribution in [0.4, 0.5) is 0 Å². The van der Waals surface area contributed by atoms with E-state index >= 15 is 0 Å². The summed E-state index contributed by atoms with van der Waals surface area (Å²) in [4.78, 5) is 0. The molecule has 2 N–H and O–H groups in total. The van der Waals surface area contributed by atoms with Crippen LogP contribution in [0.3, 0.4) is 0 Å². The third-order valence-electron chi connectivity index (χ3n) is 2.40. The molecule has 0 unspecified atom stereocenters. The molecule has 1 heterocycles. The first-order valence-electron chi connectivity index (χ1n) is 5.65. The maximum absolute atomic E-state index is 5.88. The summed E-state index contributed by atoms with van der Waals surface area (Å²) in [6.07, 6.45) is 0.710. The van der Waals surface area contributed by atoms with Crippen molar-refractivity contribution in [2.75, 3.05) is 0 Å². The molecule has 0 aliphatic rings. The molecule has 0 radical (unpaired) electrons. The lowest BCUT2D eigenvalue weighted by molar-refractivity contribution is 0.257. The third kappa shape index (κ3) is 3.00. The van der Waals surface area contributed by atoms with E-state index in [1.165, 1.54) is 0 Å². The Morgan fingerprint density at radius 1 is 1.33 bits per heavy atom. The first-order chi connectivity index (χ1) is 8.72. The van der Waals surface area contributed by atoms with E-state index in [4.69, 9.17) is 26.5 Å². The maximum Gasteiger partial charge on any atom is 0.253 e. The number of hydrogen-bond donors (Lipinski definition) is 1. The highest BCUT2D eigenvalue weighted by Crippen LogP contribution is 2.23. The first kappa shape index (κ1) is 12.9. The Labute approximate surface area is 110 Å². The van der Waals surface area contributed by atoms with Gasteiger partial charge in [0.05, 0.1) is 0 Å². The molecule has 2 rings (SSSR count). The quantitative estimate of drug-likeness (QED) is 0.900. The van der Waals surface area contributed by atoms with Crippen LogP contribution in [-0.2, 0) is 19.6 Å². The highest BCUT2D eigenvalue weighted by atomic mass is 35.5. The summed E-state index contributed by atoms with van der Waals surface area (Å²) in [5, 5.41) is 8.37. The first-order valence-corrected chi connectivity index (χ1v) is 6.03. The van der Waals surface area contributed by atoms with Gasteiger partial charge in [0.1, 0.15) is 5.75 Å². The van der Waals surface area contributed by atoms with E-state index in [1.54, 1.807) is 18.2 Å². The Balaban J connectivity index is 2.05. The fourth-order valence-electron chi connectivity index (χ4n) is 1.48. The number of aryl methyl sites for hydroxylation is 1. The second-order valence-corrected chi connectivity index (χ2v) is 4.12. The standard InChI is InChI=1S/C12H14ClN3O2/c1-2-11-15-16-12(18-11)7-17-10-4-3-9(13)5-8(10)6-14/h3-5H,2,6-7,14H2,1H3. The normalized spacial score (nSPS) is 10.6. The van der Waals surface area contributed by atoms with Crippen LogP contribution in [0, 0.1) is 0 Å². The van der Waals surface area contributed by atoms with Crippen LogP contribution in [0.1, 0.15) is 24.3 Å². The van der Waals surface area contributed by atoms with Gasteiger partial charge in [0, 0.05) is 23.6 Å². The molecule has 6 heteroatoms. The smallest absolute Gasteiger partial charge is 0.253 e. The van der Waals surface area contributed by atoms with Gasteiger partial charge in [-0.05, 0) is 18.2 Å². The summed E-state index contributed by atoms with van der Waals surface area (Å²) in [6, 6.07) is 5.31. The molecule has 0 fully saturated rings. The van der Waals surface area contributed by atoms with E-state index in [0.29, 0.717) is 35.5 Å².